The van der Waals surface area contributed by atoms with Gasteiger partial charge in [0.2, 0.25) is 5.95 Å². The third-order valence-corrected chi connectivity index (χ3v) is 4.48. The Kier molecular flexibility index (Phi) is 4.55. The molecule has 2 heterocycles. The van der Waals surface area contributed by atoms with Gasteiger partial charge in [0.15, 0.2) is 0 Å². The standard InChI is InChI=1S/C18H21N3O2/c1-2-13-11-19-18(20-12-13)21-8-6-14(7-9-21)15-4-3-5-16(10-15)17(22)23/h3-5,10-12,14H,2,6-9H2,1H3,(H,22,23). The van der Waals surface area contributed by atoms with Crippen molar-refractivity contribution < 1.29 is 9.90 Å². The molecular formula is C18H21N3O2. The number of carboxylic acids is 1. The number of carboxylic acid groups (broad SMARTS) is 1. The molecule has 1 fully saturated rings. The first kappa shape index (κ1) is 15.5. The number of piperidine rings is 1. The second-order valence-corrected chi connectivity index (χ2v) is 5.94. The van der Waals surface area contributed by atoms with Gasteiger partial charge in [-0.15, -0.1) is 0 Å². The average Bonchev–Trinajstić information content (AvgIpc) is 2.62. The van der Waals surface area contributed by atoms with Crippen LogP contribution in [0.3, 0.4) is 0 Å². The van der Waals surface area contributed by atoms with Gasteiger partial charge in [-0.3, -0.25) is 0 Å². The number of rotatable bonds is 4. The molecular weight excluding hydrogens is 290 g/mol. The van der Waals surface area contributed by atoms with Crippen LogP contribution in [0.5, 0.6) is 0 Å². The van der Waals surface area contributed by atoms with E-state index in [0.717, 1.165) is 49.4 Å². The van der Waals surface area contributed by atoms with Crippen molar-refractivity contribution in [2.24, 2.45) is 0 Å². The molecule has 3 rings (SSSR count). The summed E-state index contributed by atoms with van der Waals surface area (Å²) in [7, 11) is 0. The third-order valence-electron chi connectivity index (χ3n) is 4.48. The van der Waals surface area contributed by atoms with Gasteiger partial charge in [0, 0.05) is 25.5 Å². The van der Waals surface area contributed by atoms with Crippen molar-refractivity contribution in [1.29, 1.82) is 0 Å². The van der Waals surface area contributed by atoms with Crippen LogP contribution in [0.25, 0.3) is 0 Å². The Balaban J connectivity index is 1.65. The number of nitrogens with zero attached hydrogens (tertiary/aromatic N) is 3. The minimum Gasteiger partial charge on any atom is -0.478 e. The molecule has 0 unspecified atom stereocenters. The Bertz CT molecular complexity index is 677. The fraction of sp³-hybridized carbons (Fsp3) is 0.389. The van der Waals surface area contributed by atoms with Crippen LogP contribution in [-0.4, -0.2) is 34.1 Å². The van der Waals surface area contributed by atoms with Gasteiger partial charge in [0.05, 0.1) is 5.56 Å². The number of carbonyl (C=O) groups is 1. The second-order valence-electron chi connectivity index (χ2n) is 5.94. The highest BCUT2D eigenvalue weighted by molar-refractivity contribution is 5.87. The van der Waals surface area contributed by atoms with Crippen LogP contribution in [0, 0.1) is 0 Å². The van der Waals surface area contributed by atoms with E-state index in [-0.39, 0.29) is 0 Å². The Morgan fingerprint density at radius 1 is 1.26 bits per heavy atom. The molecule has 0 amide bonds. The summed E-state index contributed by atoms with van der Waals surface area (Å²) in [6.45, 7) is 3.88. The lowest BCUT2D eigenvalue weighted by Crippen LogP contribution is -2.34. The van der Waals surface area contributed by atoms with E-state index in [9.17, 15) is 4.79 Å². The average molecular weight is 311 g/mol. The number of anilines is 1. The first-order valence-electron chi connectivity index (χ1n) is 8.06. The highest BCUT2D eigenvalue weighted by Gasteiger charge is 2.22. The minimum atomic E-state index is -0.867. The molecule has 0 saturated carbocycles. The van der Waals surface area contributed by atoms with E-state index < -0.39 is 5.97 Å². The molecule has 1 aliphatic rings. The van der Waals surface area contributed by atoms with Gasteiger partial charge in [0.25, 0.3) is 0 Å². The summed E-state index contributed by atoms with van der Waals surface area (Å²) in [5, 5.41) is 9.12. The van der Waals surface area contributed by atoms with Gasteiger partial charge in [-0.2, -0.15) is 0 Å². The minimum absolute atomic E-state index is 0.364. The molecule has 0 bridgehead atoms. The van der Waals surface area contributed by atoms with E-state index in [1.54, 1.807) is 12.1 Å². The molecule has 1 aromatic carbocycles. The maximum atomic E-state index is 11.1. The van der Waals surface area contributed by atoms with Gasteiger partial charge in [-0.05, 0) is 48.4 Å². The van der Waals surface area contributed by atoms with Crippen LogP contribution in [-0.2, 0) is 6.42 Å². The summed E-state index contributed by atoms with van der Waals surface area (Å²) in [6.07, 6.45) is 6.71. The molecule has 0 spiro atoms. The number of aromatic nitrogens is 2. The molecule has 2 aromatic rings. The summed E-state index contributed by atoms with van der Waals surface area (Å²) >= 11 is 0. The number of hydrogen-bond donors (Lipinski definition) is 1. The normalized spacial score (nSPS) is 15.6. The number of aromatic carboxylic acids is 1. The Morgan fingerprint density at radius 2 is 1.96 bits per heavy atom. The molecule has 0 aliphatic carbocycles. The van der Waals surface area contributed by atoms with Crippen LogP contribution < -0.4 is 4.90 Å². The number of benzene rings is 1. The maximum absolute atomic E-state index is 11.1. The summed E-state index contributed by atoms with van der Waals surface area (Å²) in [4.78, 5) is 22.2. The van der Waals surface area contributed by atoms with E-state index >= 15 is 0 Å². The second kappa shape index (κ2) is 6.77. The molecule has 120 valence electrons. The smallest absolute Gasteiger partial charge is 0.335 e. The zero-order valence-corrected chi connectivity index (χ0v) is 13.3. The van der Waals surface area contributed by atoms with Gasteiger partial charge >= 0.3 is 5.97 Å². The Hall–Kier alpha value is -2.43. The quantitative estimate of drug-likeness (QED) is 0.939. The SMILES string of the molecule is CCc1cnc(N2CCC(c3cccc(C(=O)O)c3)CC2)nc1. The van der Waals surface area contributed by atoms with E-state index in [4.69, 9.17) is 5.11 Å². The molecule has 1 aromatic heterocycles. The van der Waals surface area contributed by atoms with Gasteiger partial charge in [-0.25, -0.2) is 14.8 Å². The largest absolute Gasteiger partial charge is 0.478 e. The van der Waals surface area contributed by atoms with Crippen molar-refractivity contribution in [3.8, 4) is 0 Å². The van der Waals surface area contributed by atoms with Gasteiger partial charge < -0.3 is 10.0 Å². The zero-order chi connectivity index (χ0) is 16.2. The van der Waals surface area contributed by atoms with Crippen LogP contribution in [0.2, 0.25) is 0 Å². The van der Waals surface area contributed by atoms with E-state index in [0.29, 0.717) is 11.5 Å². The van der Waals surface area contributed by atoms with E-state index in [2.05, 4.69) is 21.8 Å². The lowest BCUT2D eigenvalue weighted by molar-refractivity contribution is 0.0696. The monoisotopic (exact) mass is 311 g/mol. The molecule has 1 aliphatic heterocycles. The first-order valence-corrected chi connectivity index (χ1v) is 8.06. The third kappa shape index (κ3) is 3.50. The van der Waals surface area contributed by atoms with Gasteiger partial charge in [-0.1, -0.05) is 19.1 Å². The van der Waals surface area contributed by atoms with Crippen molar-refractivity contribution >= 4 is 11.9 Å². The Labute approximate surface area is 136 Å². The lowest BCUT2D eigenvalue weighted by Gasteiger charge is -2.32. The first-order chi connectivity index (χ1) is 11.2. The zero-order valence-electron chi connectivity index (χ0n) is 13.3. The highest BCUT2D eigenvalue weighted by Crippen LogP contribution is 2.29. The fourth-order valence-corrected chi connectivity index (χ4v) is 3.03. The summed E-state index contributed by atoms with van der Waals surface area (Å²) in [6, 6.07) is 7.30. The van der Waals surface area contributed by atoms with Crippen molar-refractivity contribution in [3.05, 3.63) is 53.3 Å². The fourth-order valence-electron chi connectivity index (χ4n) is 3.03. The summed E-state index contributed by atoms with van der Waals surface area (Å²) in [5.74, 6) is 0.328. The van der Waals surface area contributed by atoms with E-state index in [1.807, 2.05) is 24.5 Å². The summed E-state index contributed by atoms with van der Waals surface area (Å²) < 4.78 is 0. The molecule has 1 saturated heterocycles. The topological polar surface area (TPSA) is 66.3 Å². The molecule has 5 nitrogen and oxygen atoms in total. The van der Waals surface area contributed by atoms with Crippen molar-refractivity contribution in [3.63, 3.8) is 0 Å². The molecule has 1 N–H and O–H groups in total. The van der Waals surface area contributed by atoms with Crippen LogP contribution in [0.15, 0.2) is 36.7 Å². The molecule has 0 atom stereocenters. The Morgan fingerprint density at radius 3 is 2.57 bits per heavy atom. The predicted octanol–water partition coefficient (Wildman–Crippen LogP) is 3.12. The highest BCUT2D eigenvalue weighted by atomic mass is 16.4. The molecule has 23 heavy (non-hydrogen) atoms. The summed E-state index contributed by atoms with van der Waals surface area (Å²) in [5.41, 5.74) is 2.63. The lowest BCUT2D eigenvalue weighted by atomic mass is 9.88. The number of aryl methyl sites for hydroxylation is 1. The van der Waals surface area contributed by atoms with Crippen molar-refractivity contribution in [1.82, 2.24) is 9.97 Å². The molecule has 5 heteroatoms. The molecule has 0 radical (unpaired) electrons. The van der Waals surface area contributed by atoms with Gasteiger partial charge in [0.1, 0.15) is 0 Å². The number of hydrogen-bond acceptors (Lipinski definition) is 4. The van der Waals surface area contributed by atoms with Crippen LogP contribution in [0.4, 0.5) is 5.95 Å². The van der Waals surface area contributed by atoms with Crippen LogP contribution >= 0.6 is 0 Å². The van der Waals surface area contributed by atoms with Crippen LogP contribution in [0.1, 0.15) is 47.2 Å². The van der Waals surface area contributed by atoms with E-state index in [1.165, 1.54) is 0 Å². The predicted molar refractivity (Wildman–Crippen MR) is 89.0 cm³/mol. The van der Waals surface area contributed by atoms with Crippen molar-refractivity contribution in [2.75, 3.05) is 18.0 Å². The maximum Gasteiger partial charge on any atom is 0.335 e. The van der Waals surface area contributed by atoms with Crippen molar-refractivity contribution in [2.45, 2.75) is 32.1 Å².